The molecule has 0 atom stereocenters. The van der Waals surface area contributed by atoms with E-state index in [4.69, 9.17) is 4.98 Å². The molecule has 25 heavy (non-hydrogen) atoms. The van der Waals surface area contributed by atoms with Gasteiger partial charge in [-0.25, -0.2) is 14.2 Å². The van der Waals surface area contributed by atoms with Gasteiger partial charge in [0.25, 0.3) is 0 Å². The summed E-state index contributed by atoms with van der Waals surface area (Å²) in [6.07, 6.45) is 2.24. The number of carbonyl (C=O) groups is 1. The summed E-state index contributed by atoms with van der Waals surface area (Å²) < 4.78 is 13.3. The molecule has 1 saturated heterocycles. The summed E-state index contributed by atoms with van der Waals surface area (Å²) in [6.45, 7) is 1.89. The van der Waals surface area contributed by atoms with Gasteiger partial charge in [-0.15, -0.1) is 0 Å². The number of rotatable bonds is 3. The smallest absolute Gasteiger partial charge is 0.335 e. The lowest BCUT2D eigenvalue weighted by Gasteiger charge is -2.21. The highest BCUT2D eigenvalue weighted by molar-refractivity contribution is 5.96. The summed E-state index contributed by atoms with van der Waals surface area (Å²) in [4.78, 5) is 18.3. The van der Waals surface area contributed by atoms with Crippen LogP contribution in [0.4, 0.5) is 10.1 Å². The second-order valence-corrected chi connectivity index (χ2v) is 6.27. The van der Waals surface area contributed by atoms with Gasteiger partial charge in [0.05, 0.1) is 22.5 Å². The number of pyridine rings is 1. The molecule has 0 unspecified atom stereocenters. The van der Waals surface area contributed by atoms with Crippen molar-refractivity contribution in [1.29, 1.82) is 0 Å². The molecule has 1 aromatic heterocycles. The number of carboxylic acids is 1. The molecule has 1 aliphatic rings. The molecule has 0 spiro atoms. The number of fused-ring (bicyclic) bond motifs is 1. The van der Waals surface area contributed by atoms with E-state index >= 15 is 0 Å². The molecule has 126 valence electrons. The van der Waals surface area contributed by atoms with Gasteiger partial charge in [0.15, 0.2) is 0 Å². The third kappa shape index (κ3) is 2.93. The quantitative estimate of drug-likeness (QED) is 0.773. The van der Waals surface area contributed by atoms with Crippen LogP contribution >= 0.6 is 0 Å². The van der Waals surface area contributed by atoms with E-state index in [0.717, 1.165) is 53.8 Å². The lowest BCUT2D eigenvalue weighted by Crippen LogP contribution is -2.19. The zero-order chi connectivity index (χ0) is 17.4. The molecule has 5 heteroatoms. The van der Waals surface area contributed by atoms with Gasteiger partial charge in [-0.3, -0.25) is 0 Å². The highest BCUT2D eigenvalue weighted by Gasteiger charge is 2.19. The maximum Gasteiger partial charge on any atom is 0.335 e. The fourth-order valence-corrected chi connectivity index (χ4v) is 3.32. The minimum atomic E-state index is -0.952. The molecule has 0 bridgehead atoms. The van der Waals surface area contributed by atoms with E-state index in [1.165, 1.54) is 12.1 Å². The van der Waals surface area contributed by atoms with Crippen LogP contribution in [-0.4, -0.2) is 29.1 Å². The average Bonchev–Trinajstić information content (AvgIpc) is 3.15. The third-order valence-corrected chi connectivity index (χ3v) is 4.61. The van der Waals surface area contributed by atoms with E-state index in [0.29, 0.717) is 0 Å². The normalized spacial score (nSPS) is 14.2. The molecule has 0 radical (unpaired) electrons. The number of anilines is 1. The van der Waals surface area contributed by atoms with Gasteiger partial charge < -0.3 is 10.0 Å². The second kappa shape index (κ2) is 6.16. The minimum Gasteiger partial charge on any atom is -0.478 e. The molecular weight excluding hydrogens is 319 g/mol. The predicted molar refractivity (Wildman–Crippen MR) is 95.5 cm³/mol. The summed E-state index contributed by atoms with van der Waals surface area (Å²) >= 11 is 0. The first-order valence-electron chi connectivity index (χ1n) is 8.31. The first kappa shape index (κ1) is 15.6. The van der Waals surface area contributed by atoms with Gasteiger partial charge in [0.1, 0.15) is 5.82 Å². The SMILES string of the molecule is O=C(O)c1ccc2nc(-c3ccc(F)cc3)c(N3CCCC3)cc2c1. The van der Waals surface area contributed by atoms with Crippen LogP contribution in [0, 0.1) is 5.82 Å². The Bertz CT molecular complexity index is 948. The first-order chi connectivity index (χ1) is 12.1. The predicted octanol–water partition coefficient (Wildman–Crippen LogP) is 4.34. The maximum atomic E-state index is 13.3. The fourth-order valence-electron chi connectivity index (χ4n) is 3.32. The summed E-state index contributed by atoms with van der Waals surface area (Å²) in [7, 11) is 0. The monoisotopic (exact) mass is 336 g/mol. The Hall–Kier alpha value is -2.95. The number of halogens is 1. The van der Waals surface area contributed by atoms with E-state index in [-0.39, 0.29) is 11.4 Å². The van der Waals surface area contributed by atoms with Crippen LogP contribution in [0.5, 0.6) is 0 Å². The van der Waals surface area contributed by atoms with E-state index < -0.39 is 5.97 Å². The van der Waals surface area contributed by atoms with Crippen LogP contribution in [0.2, 0.25) is 0 Å². The lowest BCUT2D eigenvalue weighted by molar-refractivity contribution is 0.0697. The number of aromatic nitrogens is 1. The number of benzene rings is 2. The molecule has 3 aromatic rings. The van der Waals surface area contributed by atoms with Crippen molar-refractivity contribution in [3.63, 3.8) is 0 Å². The van der Waals surface area contributed by atoms with Gasteiger partial charge in [-0.05, 0) is 61.4 Å². The molecule has 2 heterocycles. The Kier molecular flexibility index (Phi) is 3.84. The first-order valence-corrected chi connectivity index (χ1v) is 8.31. The Morgan fingerprint density at radius 2 is 1.76 bits per heavy atom. The summed E-state index contributed by atoms with van der Waals surface area (Å²) in [5.41, 5.74) is 3.60. The highest BCUT2D eigenvalue weighted by atomic mass is 19.1. The molecule has 4 rings (SSSR count). The van der Waals surface area contributed by atoms with Crippen molar-refractivity contribution in [3.8, 4) is 11.3 Å². The van der Waals surface area contributed by atoms with Crippen LogP contribution in [0.15, 0.2) is 48.5 Å². The Balaban J connectivity index is 1.92. The van der Waals surface area contributed by atoms with Crippen molar-refractivity contribution in [2.24, 2.45) is 0 Å². The minimum absolute atomic E-state index is 0.246. The topological polar surface area (TPSA) is 53.4 Å². The number of nitrogens with zero attached hydrogens (tertiary/aromatic N) is 2. The van der Waals surface area contributed by atoms with Crippen molar-refractivity contribution in [3.05, 3.63) is 59.9 Å². The molecule has 0 aliphatic carbocycles. The Morgan fingerprint density at radius 3 is 2.44 bits per heavy atom. The van der Waals surface area contributed by atoms with Crippen LogP contribution in [-0.2, 0) is 0 Å². The summed E-state index contributed by atoms with van der Waals surface area (Å²) in [5, 5.41) is 10.0. The molecule has 1 aliphatic heterocycles. The molecule has 1 N–H and O–H groups in total. The Labute approximate surface area is 144 Å². The standard InChI is InChI=1S/C20H17FN2O2/c21-16-6-3-13(4-7-16)19-18(23-9-1-2-10-23)12-15-11-14(20(24)25)5-8-17(15)22-19/h3-8,11-12H,1-2,9-10H2,(H,24,25). The zero-order valence-electron chi connectivity index (χ0n) is 13.6. The zero-order valence-corrected chi connectivity index (χ0v) is 13.6. The van der Waals surface area contributed by atoms with Crippen LogP contribution in [0.25, 0.3) is 22.2 Å². The van der Waals surface area contributed by atoms with Gasteiger partial charge in [0.2, 0.25) is 0 Å². The fraction of sp³-hybridized carbons (Fsp3) is 0.200. The van der Waals surface area contributed by atoms with Gasteiger partial charge in [-0.1, -0.05) is 0 Å². The van der Waals surface area contributed by atoms with Crippen molar-refractivity contribution < 1.29 is 14.3 Å². The van der Waals surface area contributed by atoms with E-state index in [2.05, 4.69) is 4.90 Å². The molecule has 4 nitrogen and oxygen atoms in total. The average molecular weight is 336 g/mol. The van der Waals surface area contributed by atoms with E-state index in [1.807, 2.05) is 6.07 Å². The molecule has 0 saturated carbocycles. The number of hydrogen-bond donors (Lipinski definition) is 1. The van der Waals surface area contributed by atoms with Crippen LogP contribution in [0.1, 0.15) is 23.2 Å². The summed E-state index contributed by atoms with van der Waals surface area (Å²) in [5.74, 6) is -1.23. The van der Waals surface area contributed by atoms with Gasteiger partial charge in [0, 0.05) is 24.0 Å². The summed E-state index contributed by atoms with van der Waals surface area (Å²) in [6, 6.07) is 13.3. The lowest BCUT2D eigenvalue weighted by atomic mass is 10.0. The van der Waals surface area contributed by atoms with Crippen molar-refractivity contribution in [2.45, 2.75) is 12.8 Å². The van der Waals surface area contributed by atoms with Gasteiger partial charge >= 0.3 is 5.97 Å². The third-order valence-electron chi connectivity index (χ3n) is 4.61. The number of carboxylic acid groups (broad SMARTS) is 1. The van der Waals surface area contributed by atoms with Crippen LogP contribution in [0.3, 0.4) is 0 Å². The van der Waals surface area contributed by atoms with E-state index in [1.54, 1.807) is 30.3 Å². The highest BCUT2D eigenvalue weighted by Crippen LogP contribution is 2.34. The second-order valence-electron chi connectivity index (χ2n) is 6.27. The van der Waals surface area contributed by atoms with Crippen molar-refractivity contribution in [2.75, 3.05) is 18.0 Å². The molecule has 1 fully saturated rings. The number of hydrogen-bond acceptors (Lipinski definition) is 3. The molecular formula is C20H17FN2O2. The van der Waals surface area contributed by atoms with Crippen molar-refractivity contribution in [1.82, 2.24) is 4.98 Å². The molecule has 0 amide bonds. The Morgan fingerprint density at radius 1 is 1.04 bits per heavy atom. The number of aromatic carboxylic acids is 1. The van der Waals surface area contributed by atoms with Gasteiger partial charge in [-0.2, -0.15) is 0 Å². The van der Waals surface area contributed by atoms with E-state index in [9.17, 15) is 14.3 Å². The van der Waals surface area contributed by atoms with Crippen LogP contribution < -0.4 is 4.90 Å². The maximum absolute atomic E-state index is 13.3. The largest absolute Gasteiger partial charge is 0.478 e. The molecule has 2 aromatic carbocycles. The van der Waals surface area contributed by atoms with Crippen molar-refractivity contribution >= 4 is 22.6 Å².